The van der Waals surface area contributed by atoms with E-state index in [9.17, 15) is 9.59 Å². The van der Waals surface area contributed by atoms with Gasteiger partial charge < -0.3 is 14.8 Å². The second-order valence-corrected chi connectivity index (χ2v) is 7.25. The van der Waals surface area contributed by atoms with Gasteiger partial charge in [-0.05, 0) is 18.4 Å². The summed E-state index contributed by atoms with van der Waals surface area (Å²) in [4.78, 5) is 23.1. The summed E-state index contributed by atoms with van der Waals surface area (Å²) in [5.74, 6) is 0.643. The summed E-state index contributed by atoms with van der Waals surface area (Å²) >= 11 is 0. The lowest BCUT2D eigenvalue weighted by atomic mass is 9.91. The summed E-state index contributed by atoms with van der Waals surface area (Å²) in [6.45, 7) is 4.50. The highest BCUT2D eigenvalue weighted by molar-refractivity contribution is 5.92. The molecule has 2 atom stereocenters. The Hall–Kier alpha value is -1.72. The van der Waals surface area contributed by atoms with Crippen molar-refractivity contribution in [2.24, 2.45) is 5.92 Å². The molecule has 1 aliphatic heterocycles. The molecular weight excluding hydrogens is 330 g/mol. The Morgan fingerprint density at radius 1 is 1.15 bits per heavy atom. The number of carbonyl (C=O) groups excluding carboxylic acids is 2. The fourth-order valence-electron chi connectivity index (χ4n) is 3.22. The number of carbonyl (C=O) groups is 2. The number of amides is 1. The molecule has 1 aliphatic carbocycles. The topological polar surface area (TPSA) is 64.6 Å². The first-order chi connectivity index (χ1) is 12.6. The Kier molecular flexibility index (Phi) is 8.78. The lowest BCUT2D eigenvalue weighted by Gasteiger charge is -2.15. The summed E-state index contributed by atoms with van der Waals surface area (Å²) in [5, 5.41) is 2.63. The van der Waals surface area contributed by atoms with Crippen LogP contribution in [0.1, 0.15) is 51.5 Å². The fourth-order valence-corrected chi connectivity index (χ4v) is 3.22. The Balaban J connectivity index is 0.000000290. The first-order valence-electron chi connectivity index (χ1n) is 9.61. The van der Waals surface area contributed by atoms with Crippen LogP contribution in [0.5, 0.6) is 0 Å². The molecule has 1 amide bonds. The molecule has 1 heterocycles. The zero-order chi connectivity index (χ0) is 18.8. The molecule has 0 aromatic heterocycles. The maximum atomic E-state index is 11.6. The van der Waals surface area contributed by atoms with E-state index in [2.05, 4.69) is 12.2 Å². The van der Waals surface area contributed by atoms with Gasteiger partial charge in [0.05, 0.1) is 12.7 Å². The third-order valence-corrected chi connectivity index (χ3v) is 4.86. The predicted molar refractivity (Wildman–Crippen MR) is 101 cm³/mol. The minimum absolute atomic E-state index is 0.0641. The molecule has 2 fully saturated rings. The largest absolute Gasteiger partial charge is 0.368 e. The molecule has 1 saturated carbocycles. The maximum absolute atomic E-state index is 11.6. The lowest BCUT2D eigenvalue weighted by molar-refractivity contribution is -0.129. The van der Waals surface area contributed by atoms with Crippen LogP contribution in [0.25, 0.3) is 0 Å². The molecule has 144 valence electrons. The quantitative estimate of drug-likeness (QED) is 0.874. The molecule has 0 bridgehead atoms. The molecule has 26 heavy (non-hydrogen) atoms. The minimum atomic E-state index is -0.548. The van der Waals surface area contributed by atoms with E-state index in [0.717, 1.165) is 11.5 Å². The van der Waals surface area contributed by atoms with Crippen LogP contribution in [0.2, 0.25) is 0 Å². The zero-order valence-electron chi connectivity index (χ0n) is 15.9. The summed E-state index contributed by atoms with van der Waals surface area (Å²) in [6.07, 6.45) is 7.16. The number of ether oxygens (including phenoxy) is 2. The number of nitrogens with one attached hydrogen (secondary N) is 1. The number of Topliss-reactive ketones (excluding diaryl/α,β-unsaturated/α-hetero) is 1. The zero-order valence-corrected chi connectivity index (χ0v) is 15.9. The summed E-state index contributed by atoms with van der Waals surface area (Å²) in [5.41, 5.74) is 1.00. The Morgan fingerprint density at radius 2 is 1.85 bits per heavy atom. The molecule has 3 rings (SSSR count). The van der Waals surface area contributed by atoms with Gasteiger partial charge in [0.2, 0.25) is 5.91 Å². The molecule has 5 nitrogen and oxygen atoms in total. The van der Waals surface area contributed by atoms with Gasteiger partial charge in [-0.25, -0.2) is 0 Å². The van der Waals surface area contributed by atoms with Crippen molar-refractivity contribution in [1.29, 1.82) is 0 Å². The molecular formula is C21H31NO4. The van der Waals surface area contributed by atoms with Gasteiger partial charge >= 0.3 is 0 Å². The highest BCUT2D eigenvalue weighted by Crippen LogP contribution is 2.22. The van der Waals surface area contributed by atoms with Crippen molar-refractivity contribution in [2.75, 3.05) is 13.2 Å². The average molecular weight is 361 g/mol. The van der Waals surface area contributed by atoms with Gasteiger partial charge in [0.25, 0.3) is 0 Å². The normalized spacial score (nSPS) is 23.2. The van der Waals surface area contributed by atoms with Gasteiger partial charge in [-0.3, -0.25) is 9.59 Å². The van der Waals surface area contributed by atoms with Crippen molar-refractivity contribution in [2.45, 2.75) is 64.7 Å². The first kappa shape index (κ1) is 20.6. The molecule has 1 aromatic carbocycles. The van der Waals surface area contributed by atoms with E-state index in [4.69, 9.17) is 9.47 Å². The number of hydrogen-bond acceptors (Lipinski definition) is 4. The van der Waals surface area contributed by atoms with E-state index < -0.39 is 6.04 Å². The highest BCUT2D eigenvalue weighted by Gasteiger charge is 2.33. The smallest absolute Gasteiger partial charge is 0.246 e. The summed E-state index contributed by atoms with van der Waals surface area (Å²) in [6, 6.07) is 9.04. The minimum Gasteiger partial charge on any atom is -0.368 e. The van der Waals surface area contributed by atoms with Crippen molar-refractivity contribution >= 4 is 11.7 Å². The second kappa shape index (κ2) is 11.1. The third-order valence-electron chi connectivity index (χ3n) is 4.86. The average Bonchev–Trinajstić information content (AvgIpc) is 2.96. The van der Waals surface area contributed by atoms with Crippen LogP contribution in [0, 0.1) is 5.92 Å². The van der Waals surface area contributed by atoms with Crippen LogP contribution < -0.4 is 5.32 Å². The second-order valence-electron chi connectivity index (χ2n) is 7.25. The van der Waals surface area contributed by atoms with Crippen molar-refractivity contribution < 1.29 is 19.1 Å². The molecule has 2 aliphatic rings. The summed E-state index contributed by atoms with van der Waals surface area (Å²) in [7, 11) is 0. The molecule has 1 unspecified atom stereocenters. The molecule has 0 radical (unpaired) electrons. The Morgan fingerprint density at radius 3 is 2.38 bits per heavy atom. The Labute approximate surface area is 156 Å². The Bertz CT molecular complexity index is 554. The number of rotatable bonds is 5. The van der Waals surface area contributed by atoms with Gasteiger partial charge in [0.1, 0.15) is 19.3 Å². The number of benzene rings is 1. The van der Waals surface area contributed by atoms with Gasteiger partial charge in [0.15, 0.2) is 5.78 Å². The fraction of sp³-hybridized carbons (Fsp3) is 0.619. The van der Waals surface area contributed by atoms with Gasteiger partial charge in [-0.2, -0.15) is 0 Å². The van der Waals surface area contributed by atoms with E-state index in [1.54, 1.807) is 6.92 Å². The number of hydrogen-bond donors (Lipinski definition) is 1. The van der Waals surface area contributed by atoms with Crippen molar-refractivity contribution in [1.82, 2.24) is 5.32 Å². The molecule has 1 aromatic rings. The molecule has 1 N–H and O–H groups in total. The lowest BCUT2D eigenvalue weighted by Crippen LogP contribution is -2.45. The van der Waals surface area contributed by atoms with Crippen molar-refractivity contribution in [3.63, 3.8) is 0 Å². The van der Waals surface area contributed by atoms with Gasteiger partial charge in [0, 0.05) is 0 Å². The van der Waals surface area contributed by atoms with E-state index >= 15 is 0 Å². The van der Waals surface area contributed by atoms with Gasteiger partial charge in [-0.15, -0.1) is 0 Å². The predicted octanol–water partition coefficient (Wildman–Crippen LogP) is 3.26. The first-order valence-corrected chi connectivity index (χ1v) is 9.61. The van der Waals surface area contributed by atoms with Crippen molar-refractivity contribution in [3.05, 3.63) is 35.9 Å². The van der Waals surface area contributed by atoms with Crippen LogP contribution in [0.4, 0.5) is 0 Å². The van der Waals surface area contributed by atoms with Crippen LogP contribution in [-0.2, 0) is 25.7 Å². The monoisotopic (exact) mass is 361 g/mol. The highest BCUT2D eigenvalue weighted by atomic mass is 16.5. The molecule has 5 heteroatoms. The molecule has 1 saturated heterocycles. The molecule has 0 spiro atoms. The van der Waals surface area contributed by atoms with Crippen LogP contribution in [-0.4, -0.2) is 37.0 Å². The van der Waals surface area contributed by atoms with E-state index in [0.29, 0.717) is 6.61 Å². The van der Waals surface area contributed by atoms with Gasteiger partial charge in [-0.1, -0.05) is 69.4 Å². The van der Waals surface area contributed by atoms with Crippen LogP contribution in [0.15, 0.2) is 30.3 Å². The van der Waals surface area contributed by atoms with Crippen molar-refractivity contribution in [3.8, 4) is 0 Å². The summed E-state index contributed by atoms with van der Waals surface area (Å²) < 4.78 is 10.4. The third kappa shape index (κ3) is 7.26. The maximum Gasteiger partial charge on any atom is 0.246 e. The SMILES string of the molecule is CC1CCCCC1.C[C@@H]1OCC(=O)C1NC(=O)COCc1ccccc1. The standard InChI is InChI=1S/C14H17NO4.C7H14/c1-10-14(12(16)8-19-10)15-13(17)9-18-7-11-5-3-2-4-6-11;1-7-5-3-2-4-6-7/h2-6,10,14H,7-9H2,1H3,(H,15,17);7H,2-6H2,1H3/t10-,14?;/m0./s1. The van der Waals surface area contributed by atoms with Crippen LogP contribution >= 0.6 is 0 Å². The van der Waals surface area contributed by atoms with Crippen LogP contribution in [0.3, 0.4) is 0 Å². The van der Waals surface area contributed by atoms with E-state index in [1.807, 2.05) is 30.3 Å². The van der Waals surface area contributed by atoms with E-state index in [1.165, 1.54) is 32.1 Å². The number of ketones is 1. The van der Waals surface area contributed by atoms with E-state index in [-0.39, 0.29) is 31.0 Å².